The maximum absolute atomic E-state index is 5.64. The molecular weight excluding hydrogens is 266 g/mol. The van der Waals surface area contributed by atoms with Gasteiger partial charge in [-0.1, -0.05) is 24.2 Å². The summed E-state index contributed by atoms with van der Waals surface area (Å²) in [6.07, 6.45) is 3.13. The van der Waals surface area contributed by atoms with Gasteiger partial charge in [0.1, 0.15) is 5.75 Å². The molecule has 1 aliphatic heterocycles. The van der Waals surface area contributed by atoms with Crippen molar-refractivity contribution in [2.45, 2.75) is 38.6 Å². The van der Waals surface area contributed by atoms with Crippen molar-refractivity contribution in [3.8, 4) is 17.1 Å². The molecule has 0 bridgehead atoms. The van der Waals surface area contributed by atoms with Gasteiger partial charge in [0, 0.05) is 0 Å². The standard InChI is InChI=1S/C16H21N3O2/c1-3-16(10-7-11-17-16)15-18-14(19-21-15)12-8-5-6-9-13(12)20-4-2/h5-6,8-9,17H,3-4,7,10-11H2,1-2H3. The smallest absolute Gasteiger partial charge is 0.247 e. The van der Waals surface area contributed by atoms with Crippen LogP contribution in [-0.2, 0) is 5.54 Å². The Kier molecular flexibility index (Phi) is 3.92. The Morgan fingerprint density at radius 1 is 1.33 bits per heavy atom. The molecule has 0 amide bonds. The van der Waals surface area contributed by atoms with Crippen molar-refractivity contribution in [1.82, 2.24) is 15.5 Å². The number of benzene rings is 1. The predicted molar refractivity (Wildman–Crippen MR) is 80.1 cm³/mol. The minimum atomic E-state index is -0.161. The van der Waals surface area contributed by atoms with Crippen LogP contribution in [0, 0.1) is 0 Å². The zero-order valence-corrected chi connectivity index (χ0v) is 12.6. The lowest BCUT2D eigenvalue weighted by Crippen LogP contribution is -2.36. The molecule has 3 rings (SSSR count). The van der Waals surface area contributed by atoms with Crippen LogP contribution in [0.2, 0.25) is 0 Å². The molecule has 1 saturated heterocycles. The number of aromatic nitrogens is 2. The minimum Gasteiger partial charge on any atom is -0.493 e. The highest BCUT2D eigenvalue weighted by Gasteiger charge is 2.39. The quantitative estimate of drug-likeness (QED) is 0.915. The fraction of sp³-hybridized carbons (Fsp3) is 0.500. The number of nitrogens with one attached hydrogen (secondary N) is 1. The van der Waals surface area contributed by atoms with E-state index in [1.165, 1.54) is 0 Å². The average Bonchev–Trinajstić information content (AvgIpc) is 3.18. The second-order valence-electron chi connectivity index (χ2n) is 5.32. The third-order valence-corrected chi connectivity index (χ3v) is 4.11. The summed E-state index contributed by atoms with van der Waals surface area (Å²) in [6, 6.07) is 7.79. The lowest BCUT2D eigenvalue weighted by Gasteiger charge is -2.22. The van der Waals surface area contributed by atoms with Crippen LogP contribution in [0.25, 0.3) is 11.4 Å². The Balaban J connectivity index is 1.95. The van der Waals surface area contributed by atoms with Crippen LogP contribution in [0.3, 0.4) is 0 Å². The number of nitrogens with zero attached hydrogens (tertiary/aromatic N) is 2. The van der Waals surface area contributed by atoms with E-state index < -0.39 is 0 Å². The zero-order valence-electron chi connectivity index (χ0n) is 12.6. The number of para-hydroxylation sites is 1. The minimum absolute atomic E-state index is 0.161. The molecule has 1 aromatic heterocycles. The molecule has 5 nitrogen and oxygen atoms in total. The molecule has 0 spiro atoms. The van der Waals surface area contributed by atoms with E-state index in [2.05, 4.69) is 22.4 Å². The molecule has 1 unspecified atom stereocenters. The van der Waals surface area contributed by atoms with Crippen molar-refractivity contribution < 1.29 is 9.26 Å². The summed E-state index contributed by atoms with van der Waals surface area (Å²) in [5, 5.41) is 7.67. The third kappa shape index (κ3) is 2.53. The highest BCUT2D eigenvalue weighted by atomic mass is 16.5. The third-order valence-electron chi connectivity index (χ3n) is 4.11. The van der Waals surface area contributed by atoms with Gasteiger partial charge >= 0.3 is 0 Å². The van der Waals surface area contributed by atoms with Crippen molar-refractivity contribution in [1.29, 1.82) is 0 Å². The van der Waals surface area contributed by atoms with E-state index in [0.29, 0.717) is 18.3 Å². The van der Waals surface area contributed by atoms with E-state index in [1.54, 1.807) is 0 Å². The number of hydrogen-bond acceptors (Lipinski definition) is 5. The van der Waals surface area contributed by atoms with Gasteiger partial charge in [-0.2, -0.15) is 4.98 Å². The van der Waals surface area contributed by atoms with E-state index >= 15 is 0 Å². The van der Waals surface area contributed by atoms with Gasteiger partial charge in [0.2, 0.25) is 11.7 Å². The largest absolute Gasteiger partial charge is 0.493 e. The van der Waals surface area contributed by atoms with Gasteiger partial charge in [-0.05, 0) is 44.9 Å². The molecule has 1 fully saturated rings. The molecule has 2 aromatic rings. The number of ether oxygens (including phenoxy) is 1. The molecule has 1 N–H and O–H groups in total. The highest BCUT2D eigenvalue weighted by molar-refractivity contribution is 5.63. The maximum Gasteiger partial charge on any atom is 0.247 e. The number of rotatable bonds is 5. The van der Waals surface area contributed by atoms with Gasteiger partial charge in [0.15, 0.2) is 0 Å². The summed E-state index contributed by atoms with van der Waals surface area (Å²) >= 11 is 0. The first-order chi connectivity index (χ1) is 10.3. The van der Waals surface area contributed by atoms with E-state index in [-0.39, 0.29) is 5.54 Å². The summed E-state index contributed by atoms with van der Waals surface area (Å²) in [5.41, 5.74) is 0.713. The van der Waals surface area contributed by atoms with E-state index in [4.69, 9.17) is 9.26 Å². The Morgan fingerprint density at radius 3 is 2.90 bits per heavy atom. The second-order valence-corrected chi connectivity index (χ2v) is 5.32. The van der Waals surface area contributed by atoms with Crippen LogP contribution in [-0.4, -0.2) is 23.3 Å². The van der Waals surface area contributed by atoms with Crippen molar-refractivity contribution in [3.05, 3.63) is 30.2 Å². The molecule has 0 aliphatic carbocycles. The van der Waals surface area contributed by atoms with E-state index in [1.807, 2.05) is 31.2 Å². The van der Waals surface area contributed by atoms with E-state index in [0.717, 1.165) is 37.1 Å². The first-order valence-electron chi connectivity index (χ1n) is 7.60. The molecule has 1 aromatic carbocycles. The maximum atomic E-state index is 5.64. The lowest BCUT2D eigenvalue weighted by atomic mass is 9.94. The van der Waals surface area contributed by atoms with E-state index in [9.17, 15) is 0 Å². The SMILES string of the molecule is CCOc1ccccc1-c1noc(C2(CC)CCCN2)n1. The van der Waals surface area contributed by atoms with Crippen LogP contribution >= 0.6 is 0 Å². The molecule has 21 heavy (non-hydrogen) atoms. The summed E-state index contributed by atoms with van der Waals surface area (Å²) in [6.45, 7) is 5.73. The van der Waals surface area contributed by atoms with Crippen molar-refractivity contribution >= 4 is 0 Å². The summed E-state index contributed by atoms with van der Waals surface area (Å²) in [5.74, 6) is 2.07. The topological polar surface area (TPSA) is 60.2 Å². The van der Waals surface area contributed by atoms with Crippen LogP contribution in [0.4, 0.5) is 0 Å². The normalized spacial score (nSPS) is 21.6. The number of hydrogen-bond donors (Lipinski definition) is 1. The average molecular weight is 287 g/mol. The monoisotopic (exact) mass is 287 g/mol. The molecule has 112 valence electrons. The van der Waals surface area contributed by atoms with Gasteiger partial charge in [-0.15, -0.1) is 0 Å². The Bertz CT molecular complexity index is 603. The summed E-state index contributed by atoms with van der Waals surface area (Å²) < 4.78 is 11.2. The van der Waals surface area contributed by atoms with Crippen LogP contribution in [0.1, 0.15) is 39.0 Å². The molecule has 2 heterocycles. The fourth-order valence-electron chi connectivity index (χ4n) is 2.90. The predicted octanol–water partition coefficient (Wildman–Crippen LogP) is 3.12. The van der Waals surface area contributed by atoms with Gasteiger partial charge in [-0.25, -0.2) is 0 Å². The lowest BCUT2D eigenvalue weighted by molar-refractivity contribution is 0.250. The van der Waals surface area contributed by atoms with Crippen molar-refractivity contribution in [2.75, 3.05) is 13.2 Å². The second kappa shape index (κ2) is 5.85. The van der Waals surface area contributed by atoms with Crippen molar-refractivity contribution in [2.24, 2.45) is 0 Å². The van der Waals surface area contributed by atoms with Gasteiger partial charge in [-0.3, -0.25) is 0 Å². The van der Waals surface area contributed by atoms with Gasteiger partial charge in [0.25, 0.3) is 0 Å². The Hall–Kier alpha value is -1.88. The van der Waals surface area contributed by atoms with Crippen LogP contribution in [0.5, 0.6) is 5.75 Å². The van der Waals surface area contributed by atoms with Gasteiger partial charge < -0.3 is 14.6 Å². The molecule has 0 radical (unpaired) electrons. The fourth-order valence-corrected chi connectivity index (χ4v) is 2.90. The molecule has 0 saturated carbocycles. The Labute approximate surface area is 124 Å². The molecule has 1 atom stereocenters. The first kappa shape index (κ1) is 14.1. The summed E-state index contributed by atoms with van der Waals surface area (Å²) in [7, 11) is 0. The molecular formula is C16H21N3O2. The Morgan fingerprint density at radius 2 is 2.19 bits per heavy atom. The van der Waals surface area contributed by atoms with Crippen molar-refractivity contribution in [3.63, 3.8) is 0 Å². The molecule has 1 aliphatic rings. The first-order valence-corrected chi connectivity index (χ1v) is 7.60. The molecule has 5 heteroatoms. The highest BCUT2D eigenvalue weighted by Crippen LogP contribution is 2.35. The zero-order chi connectivity index (χ0) is 14.7. The van der Waals surface area contributed by atoms with Gasteiger partial charge in [0.05, 0.1) is 17.7 Å². The summed E-state index contributed by atoms with van der Waals surface area (Å²) in [4.78, 5) is 4.63. The van der Waals surface area contributed by atoms with Crippen LogP contribution < -0.4 is 10.1 Å². The van der Waals surface area contributed by atoms with Crippen LogP contribution in [0.15, 0.2) is 28.8 Å².